The lowest BCUT2D eigenvalue weighted by atomic mass is 10.1. The van der Waals surface area contributed by atoms with Gasteiger partial charge in [-0.2, -0.15) is 0 Å². The van der Waals surface area contributed by atoms with Gasteiger partial charge in [0.15, 0.2) is 17.4 Å². The number of piperazine rings is 1. The smallest absolute Gasteiger partial charge is 0.318 e. The minimum Gasteiger partial charge on any atom is -0.494 e. The second kappa shape index (κ2) is 8.41. The lowest BCUT2D eigenvalue weighted by Gasteiger charge is -2.41. The number of methoxy groups -OCH3 is 1. The molecular formula is C20H24F2N4O2. The van der Waals surface area contributed by atoms with Crippen LogP contribution in [0.3, 0.4) is 0 Å². The fraction of sp³-hybridized carbons (Fsp3) is 0.400. The number of rotatable bonds is 4. The monoisotopic (exact) mass is 390 g/mol. The average Bonchev–Trinajstić information content (AvgIpc) is 2.68. The fourth-order valence-corrected chi connectivity index (χ4v) is 3.40. The van der Waals surface area contributed by atoms with E-state index in [1.807, 2.05) is 18.7 Å². The van der Waals surface area contributed by atoms with Gasteiger partial charge in [0.05, 0.1) is 25.0 Å². The fourth-order valence-electron chi connectivity index (χ4n) is 3.40. The molecule has 1 saturated heterocycles. The van der Waals surface area contributed by atoms with Crippen LogP contribution in [0.25, 0.3) is 0 Å². The van der Waals surface area contributed by atoms with Gasteiger partial charge in [-0.05, 0) is 37.6 Å². The van der Waals surface area contributed by atoms with Crippen LogP contribution in [-0.2, 0) is 0 Å². The molecule has 1 aliphatic heterocycles. The number of pyridine rings is 1. The van der Waals surface area contributed by atoms with Crippen LogP contribution in [0.2, 0.25) is 0 Å². The zero-order chi connectivity index (χ0) is 20.3. The Balaban J connectivity index is 1.63. The molecule has 0 saturated carbocycles. The molecule has 8 heteroatoms. The van der Waals surface area contributed by atoms with E-state index in [9.17, 15) is 13.6 Å². The Morgan fingerprint density at radius 3 is 2.75 bits per heavy atom. The van der Waals surface area contributed by atoms with Crippen molar-refractivity contribution in [3.8, 4) is 5.75 Å². The van der Waals surface area contributed by atoms with E-state index in [4.69, 9.17) is 4.74 Å². The first-order valence-electron chi connectivity index (χ1n) is 9.15. The van der Waals surface area contributed by atoms with Gasteiger partial charge in [0.2, 0.25) is 0 Å². The Morgan fingerprint density at radius 1 is 1.29 bits per heavy atom. The molecule has 28 heavy (non-hydrogen) atoms. The number of ether oxygens (including phenoxy) is 1. The Kier molecular flexibility index (Phi) is 5.96. The predicted octanol–water partition coefficient (Wildman–Crippen LogP) is 3.35. The Labute approximate surface area is 163 Å². The summed E-state index contributed by atoms with van der Waals surface area (Å²) in [6, 6.07) is 5.53. The molecule has 2 heterocycles. The minimum absolute atomic E-state index is 0.101. The zero-order valence-corrected chi connectivity index (χ0v) is 16.2. The third kappa shape index (κ3) is 4.16. The van der Waals surface area contributed by atoms with Crippen LogP contribution in [0.1, 0.15) is 25.5 Å². The molecule has 150 valence electrons. The number of halogens is 2. The highest BCUT2D eigenvalue weighted by molar-refractivity contribution is 5.75. The van der Waals surface area contributed by atoms with Gasteiger partial charge < -0.3 is 19.9 Å². The Bertz CT molecular complexity index is 849. The van der Waals surface area contributed by atoms with Crippen LogP contribution >= 0.6 is 0 Å². The third-order valence-electron chi connectivity index (χ3n) is 5.00. The van der Waals surface area contributed by atoms with Crippen molar-refractivity contribution in [3.63, 3.8) is 0 Å². The number of nitrogens with one attached hydrogen (secondary N) is 1. The zero-order valence-electron chi connectivity index (χ0n) is 16.2. The van der Waals surface area contributed by atoms with Gasteiger partial charge in [-0.15, -0.1) is 0 Å². The molecule has 6 nitrogen and oxygen atoms in total. The molecule has 1 aliphatic rings. The first kappa shape index (κ1) is 19.9. The lowest BCUT2D eigenvalue weighted by molar-refractivity contribution is 0.168. The number of carbonyl (C=O) groups excluding carboxylic acids is 1. The minimum atomic E-state index is -0.446. The number of urea groups is 1. The van der Waals surface area contributed by atoms with Crippen molar-refractivity contribution in [2.75, 3.05) is 31.6 Å². The summed E-state index contributed by atoms with van der Waals surface area (Å²) in [4.78, 5) is 20.1. The van der Waals surface area contributed by atoms with E-state index in [2.05, 4.69) is 10.3 Å². The van der Waals surface area contributed by atoms with Crippen molar-refractivity contribution in [1.29, 1.82) is 0 Å². The molecule has 2 amide bonds. The quantitative estimate of drug-likeness (QED) is 0.870. The Hall–Kier alpha value is -2.90. The lowest BCUT2D eigenvalue weighted by Crippen LogP contribution is -2.57. The van der Waals surface area contributed by atoms with Gasteiger partial charge in [-0.25, -0.2) is 13.6 Å². The summed E-state index contributed by atoms with van der Waals surface area (Å²) >= 11 is 0. The molecule has 0 aliphatic carbocycles. The largest absolute Gasteiger partial charge is 0.494 e. The maximum absolute atomic E-state index is 14.0. The number of amides is 2. The molecule has 1 N–H and O–H groups in total. The van der Waals surface area contributed by atoms with Crippen LogP contribution in [-0.4, -0.2) is 48.7 Å². The number of hydrogen-bond acceptors (Lipinski definition) is 4. The van der Waals surface area contributed by atoms with Crippen LogP contribution in [0, 0.1) is 11.6 Å². The molecule has 1 aromatic carbocycles. The SMILES string of the molecule is COc1cc([C@@H](C)NC(=O)N2CCN(c3ccncc3F)CC2C)ccc1F. The average molecular weight is 390 g/mol. The molecule has 1 fully saturated rings. The maximum Gasteiger partial charge on any atom is 0.318 e. The molecule has 0 bridgehead atoms. The number of benzene rings is 1. The number of hydrogen-bond donors (Lipinski definition) is 1. The maximum atomic E-state index is 14.0. The number of aromatic nitrogens is 1. The van der Waals surface area contributed by atoms with Crippen molar-refractivity contribution in [3.05, 3.63) is 53.9 Å². The van der Waals surface area contributed by atoms with Crippen molar-refractivity contribution < 1.29 is 18.3 Å². The van der Waals surface area contributed by atoms with Crippen LogP contribution in [0.15, 0.2) is 36.7 Å². The normalized spacial score (nSPS) is 18.0. The topological polar surface area (TPSA) is 57.7 Å². The highest BCUT2D eigenvalue weighted by Gasteiger charge is 2.29. The van der Waals surface area contributed by atoms with Crippen molar-refractivity contribution in [1.82, 2.24) is 15.2 Å². The highest BCUT2D eigenvalue weighted by atomic mass is 19.1. The summed E-state index contributed by atoms with van der Waals surface area (Å²) in [7, 11) is 1.40. The summed E-state index contributed by atoms with van der Waals surface area (Å²) in [5.74, 6) is -0.677. The van der Waals surface area contributed by atoms with E-state index in [0.29, 0.717) is 25.3 Å². The standard InChI is InChI=1S/C20H24F2N4O2/c1-13-12-25(18-6-7-23-11-17(18)22)8-9-26(13)20(27)24-14(2)15-4-5-16(21)19(10-15)28-3/h4-7,10-11,13-14H,8-9,12H2,1-3H3,(H,24,27)/t13?,14-/m1/s1. The summed E-state index contributed by atoms with van der Waals surface area (Å²) in [5.41, 5.74) is 1.24. The van der Waals surface area contributed by atoms with E-state index >= 15 is 0 Å². The first-order valence-corrected chi connectivity index (χ1v) is 9.15. The van der Waals surface area contributed by atoms with Gasteiger partial charge in [0.25, 0.3) is 0 Å². The number of carbonyl (C=O) groups is 1. The first-order chi connectivity index (χ1) is 13.4. The molecule has 2 aromatic rings. The number of anilines is 1. The van der Waals surface area contributed by atoms with Crippen molar-refractivity contribution >= 4 is 11.7 Å². The predicted molar refractivity (Wildman–Crippen MR) is 102 cm³/mol. The molecule has 0 radical (unpaired) electrons. The molecular weight excluding hydrogens is 366 g/mol. The summed E-state index contributed by atoms with van der Waals surface area (Å²) in [5, 5.41) is 2.94. The van der Waals surface area contributed by atoms with E-state index in [1.165, 1.54) is 19.4 Å². The summed E-state index contributed by atoms with van der Waals surface area (Å²) in [6.45, 7) is 5.27. The molecule has 0 spiro atoms. The molecule has 2 atom stereocenters. The van der Waals surface area contributed by atoms with Crippen LogP contribution < -0.4 is 15.0 Å². The Morgan fingerprint density at radius 2 is 2.07 bits per heavy atom. The third-order valence-corrected chi connectivity index (χ3v) is 5.00. The summed E-state index contributed by atoms with van der Waals surface area (Å²) < 4.78 is 32.6. The van der Waals surface area contributed by atoms with Gasteiger partial charge in [-0.3, -0.25) is 4.98 Å². The van der Waals surface area contributed by atoms with Gasteiger partial charge in [0.1, 0.15) is 0 Å². The highest BCUT2D eigenvalue weighted by Crippen LogP contribution is 2.24. The second-order valence-corrected chi connectivity index (χ2v) is 6.88. The van der Waals surface area contributed by atoms with E-state index in [1.54, 1.807) is 29.3 Å². The van der Waals surface area contributed by atoms with Crippen molar-refractivity contribution in [2.24, 2.45) is 0 Å². The molecule has 3 rings (SSSR count). The van der Waals surface area contributed by atoms with Gasteiger partial charge >= 0.3 is 6.03 Å². The van der Waals surface area contributed by atoms with E-state index in [0.717, 1.165) is 5.56 Å². The van der Waals surface area contributed by atoms with Crippen LogP contribution in [0.4, 0.5) is 19.3 Å². The molecule has 1 aromatic heterocycles. The van der Waals surface area contributed by atoms with Gasteiger partial charge in [-0.1, -0.05) is 6.07 Å². The number of nitrogens with zero attached hydrogens (tertiary/aromatic N) is 3. The second-order valence-electron chi connectivity index (χ2n) is 6.88. The van der Waals surface area contributed by atoms with Crippen molar-refractivity contribution in [2.45, 2.75) is 25.9 Å². The van der Waals surface area contributed by atoms with Gasteiger partial charge in [0, 0.05) is 31.9 Å². The van der Waals surface area contributed by atoms with Crippen LogP contribution in [0.5, 0.6) is 5.75 Å². The molecule has 1 unspecified atom stereocenters. The summed E-state index contributed by atoms with van der Waals surface area (Å²) in [6.07, 6.45) is 2.75. The van der Waals surface area contributed by atoms with E-state index < -0.39 is 5.82 Å². The van der Waals surface area contributed by atoms with E-state index in [-0.39, 0.29) is 29.7 Å².